The van der Waals surface area contributed by atoms with Crippen molar-refractivity contribution in [1.82, 2.24) is 9.21 Å². The zero-order chi connectivity index (χ0) is 13.3. The van der Waals surface area contributed by atoms with E-state index < -0.39 is 10.0 Å². The third-order valence-corrected chi connectivity index (χ3v) is 5.91. The molecule has 1 aromatic rings. The number of benzene rings is 1. The quantitative estimate of drug-likeness (QED) is 0.819. The summed E-state index contributed by atoms with van der Waals surface area (Å²) in [6, 6.07) is 4.77. The average Bonchev–Trinajstić information content (AvgIpc) is 2.29. The molecule has 0 amide bonds. The van der Waals surface area contributed by atoms with Gasteiger partial charge in [-0.1, -0.05) is 0 Å². The zero-order valence-corrected chi connectivity index (χ0v) is 12.5. The van der Waals surface area contributed by atoms with Crippen LogP contribution < -0.4 is 5.73 Å². The molecular formula is C11H16BrN3O2S. The van der Waals surface area contributed by atoms with Crippen LogP contribution in [0.4, 0.5) is 5.69 Å². The number of hydrogen-bond acceptors (Lipinski definition) is 4. The summed E-state index contributed by atoms with van der Waals surface area (Å²) in [7, 11) is -1.44. The number of nitrogens with zero attached hydrogens (tertiary/aromatic N) is 2. The lowest BCUT2D eigenvalue weighted by atomic mass is 10.3. The first-order valence-corrected chi connectivity index (χ1v) is 7.88. The molecule has 1 fully saturated rings. The maximum absolute atomic E-state index is 12.5. The van der Waals surface area contributed by atoms with Gasteiger partial charge in [0.25, 0.3) is 0 Å². The second-order valence-electron chi connectivity index (χ2n) is 4.40. The molecule has 0 saturated carbocycles. The van der Waals surface area contributed by atoms with E-state index in [1.165, 1.54) is 4.31 Å². The number of rotatable bonds is 2. The van der Waals surface area contributed by atoms with E-state index in [0.717, 1.165) is 13.1 Å². The number of hydrogen-bond donors (Lipinski definition) is 1. The summed E-state index contributed by atoms with van der Waals surface area (Å²) in [4.78, 5) is 2.39. The highest BCUT2D eigenvalue weighted by molar-refractivity contribution is 9.10. The fraction of sp³-hybridized carbons (Fsp3) is 0.455. The summed E-state index contributed by atoms with van der Waals surface area (Å²) in [5, 5.41) is 0. The van der Waals surface area contributed by atoms with Gasteiger partial charge in [0.15, 0.2) is 0 Å². The minimum Gasteiger partial charge on any atom is -0.399 e. The summed E-state index contributed by atoms with van der Waals surface area (Å²) >= 11 is 3.27. The van der Waals surface area contributed by atoms with E-state index in [9.17, 15) is 8.42 Å². The van der Waals surface area contributed by atoms with Crippen molar-refractivity contribution in [3.05, 3.63) is 22.7 Å². The summed E-state index contributed by atoms with van der Waals surface area (Å²) in [5.74, 6) is 0. The molecule has 0 bridgehead atoms. The van der Waals surface area contributed by atoms with Crippen LogP contribution in [0, 0.1) is 0 Å². The molecule has 2 rings (SSSR count). The SMILES string of the molecule is CN1CCN(S(=O)(=O)c2ccc(N)cc2Br)CC1. The molecule has 1 aliphatic heterocycles. The van der Waals surface area contributed by atoms with Crippen LogP contribution in [0.2, 0.25) is 0 Å². The van der Waals surface area contributed by atoms with Crippen molar-refractivity contribution in [3.63, 3.8) is 0 Å². The predicted molar refractivity (Wildman–Crippen MR) is 74.8 cm³/mol. The number of sulfonamides is 1. The number of nitrogen functional groups attached to an aromatic ring is 1. The molecule has 0 aliphatic carbocycles. The molecular weight excluding hydrogens is 318 g/mol. The molecule has 1 aliphatic rings. The van der Waals surface area contributed by atoms with Crippen molar-refractivity contribution >= 4 is 31.6 Å². The molecule has 1 heterocycles. The van der Waals surface area contributed by atoms with Gasteiger partial charge >= 0.3 is 0 Å². The molecule has 1 saturated heterocycles. The standard InChI is InChI=1S/C11H16BrN3O2S/c1-14-4-6-15(7-5-14)18(16,17)11-3-2-9(13)8-10(11)12/h2-3,8H,4-7,13H2,1H3. The minimum absolute atomic E-state index is 0.279. The molecule has 18 heavy (non-hydrogen) atoms. The summed E-state index contributed by atoms with van der Waals surface area (Å²) in [5.41, 5.74) is 6.16. The summed E-state index contributed by atoms with van der Waals surface area (Å²) < 4.78 is 27.0. The Morgan fingerprint density at radius 2 is 1.83 bits per heavy atom. The van der Waals surface area contributed by atoms with E-state index in [2.05, 4.69) is 20.8 Å². The van der Waals surface area contributed by atoms with Crippen LogP contribution in [-0.4, -0.2) is 50.8 Å². The molecule has 5 nitrogen and oxygen atoms in total. The smallest absolute Gasteiger partial charge is 0.244 e. The van der Waals surface area contributed by atoms with Gasteiger partial charge in [0.2, 0.25) is 10.0 Å². The highest BCUT2D eigenvalue weighted by Gasteiger charge is 2.28. The van der Waals surface area contributed by atoms with Gasteiger partial charge in [-0.05, 0) is 41.2 Å². The zero-order valence-electron chi connectivity index (χ0n) is 10.1. The number of anilines is 1. The Morgan fingerprint density at radius 1 is 1.22 bits per heavy atom. The molecule has 1 aromatic carbocycles. The van der Waals surface area contributed by atoms with Gasteiger partial charge < -0.3 is 10.6 Å². The fourth-order valence-electron chi connectivity index (χ4n) is 1.89. The third kappa shape index (κ3) is 2.69. The first-order chi connectivity index (χ1) is 8.41. The van der Waals surface area contributed by atoms with E-state index in [1.54, 1.807) is 18.2 Å². The van der Waals surface area contributed by atoms with E-state index in [1.807, 2.05) is 7.05 Å². The third-order valence-electron chi connectivity index (χ3n) is 3.04. The molecule has 0 radical (unpaired) electrons. The lowest BCUT2D eigenvalue weighted by Gasteiger charge is -2.31. The fourth-order valence-corrected chi connectivity index (χ4v) is 4.37. The minimum atomic E-state index is -3.43. The lowest BCUT2D eigenvalue weighted by molar-refractivity contribution is 0.222. The van der Waals surface area contributed by atoms with Crippen LogP contribution in [0.25, 0.3) is 0 Å². The van der Waals surface area contributed by atoms with Gasteiger partial charge in [0.1, 0.15) is 0 Å². The Labute approximate surface area is 116 Å². The molecule has 0 aromatic heterocycles. The van der Waals surface area contributed by atoms with Crippen LogP contribution >= 0.6 is 15.9 Å². The molecule has 100 valence electrons. The van der Waals surface area contributed by atoms with Crippen molar-refractivity contribution in [2.24, 2.45) is 0 Å². The van der Waals surface area contributed by atoms with E-state index >= 15 is 0 Å². The number of halogens is 1. The molecule has 0 spiro atoms. The van der Waals surface area contributed by atoms with Crippen LogP contribution in [-0.2, 0) is 10.0 Å². The van der Waals surface area contributed by atoms with Crippen molar-refractivity contribution in [2.75, 3.05) is 39.0 Å². The normalized spacial score (nSPS) is 19.0. The topological polar surface area (TPSA) is 66.6 Å². The second-order valence-corrected chi connectivity index (χ2v) is 7.16. The van der Waals surface area contributed by atoms with Crippen LogP contribution in [0.3, 0.4) is 0 Å². The Bertz CT molecular complexity index is 539. The lowest BCUT2D eigenvalue weighted by Crippen LogP contribution is -2.47. The van der Waals surface area contributed by atoms with Gasteiger partial charge in [-0.15, -0.1) is 0 Å². The van der Waals surface area contributed by atoms with E-state index in [4.69, 9.17) is 5.73 Å². The predicted octanol–water partition coefficient (Wildman–Crippen LogP) is 0.967. The number of nitrogens with two attached hydrogens (primary N) is 1. The Balaban J connectivity index is 2.30. The van der Waals surface area contributed by atoms with Crippen molar-refractivity contribution in [2.45, 2.75) is 4.90 Å². The Hall–Kier alpha value is -0.630. The first-order valence-electron chi connectivity index (χ1n) is 5.65. The maximum atomic E-state index is 12.5. The van der Waals surface area contributed by atoms with Gasteiger partial charge in [-0.2, -0.15) is 4.31 Å². The Morgan fingerprint density at radius 3 is 2.39 bits per heavy atom. The van der Waals surface area contributed by atoms with Crippen molar-refractivity contribution < 1.29 is 8.42 Å². The largest absolute Gasteiger partial charge is 0.399 e. The number of piperazine rings is 1. The van der Waals surface area contributed by atoms with Crippen LogP contribution in [0.1, 0.15) is 0 Å². The van der Waals surface area contributed by atoms with E-state index in [0.29, 0.717) is 23.2 Å². The maximum Gasteiger partial charge on any atom is 0.244 e. The molecule has 2 N–H and O–H groups in total. The molecule has 0 unspecified atom stereocenters. The van der Waals surface area contributed by atoms with Gasteiger partial charge in [0, 0.05) is 36.3 Å². The summed E-state index contributed by atoms with van der Waals surface area (Å²) in [6.45, 7) is 2.56. The second kappa shape index (κ2) is 5.16. The Kier molecular flexibility index (Phi) is 3.96. The molecule has 0 atom stereocenters. The van der Waals surface area contributed by atoms with Crippen LogP contribution in [0.5, 0.6) is 0 Å². The van der Waals surface area contributed by atoms with Crippen LogP contribution in [0.15, 0.2) is 27.6 Å². The monoisotopic (exact) mass is 333 g/mol. The van der Waals surface area contributed by atoms with Gasteiger partial charge in [0.05, 0.1) is 4.90 Å². The average molecular weight is 334 g/mol. The van der Waals surface area contributed by atoms with Gasteiger partial charge in [-0.3, -0.25) is 0 Å². The van der Waals surface area contributed by atoms with Crippen molar-refractivity contribution in [1.29, 1.82) is 0 Å². The van der Waals surface area contributed by atoms with Crippen molar-refractivity contribution in [3.8, 4) is 0 Å². The van der Waals surface area contributed by atoms with E-state index in [-0.39, 0.29) is 4.90 Å². The first kappa shape index (κ1) is 13.8. The molecule has 7 heteroatoms. The van der Waals surface area contributed by atoms with Gasteiger partial charge in [-0.25, -0.2) is 8.42 Å². The highest BCUT2D eigenvalue weighted by atomic mass is 79.9. The summed E-state index contributed by atoms with van der Waals surface area (Å²) in [6.07, 6.45) is 0. The highest BCUT2D eigenvalue weighted by Crippen LogP contribution is 2.27. The number of likely N-dealkylation sites (N-methyl/N-ethyl adjacent to an activating group) is 1.